The molecule has 2 saturated carbocycles. The Morgan fingerprint density at radius 2 is 2.03 bits per heavy atom. The predicted octanol–water partition coefficient (Wildman–Crippen LogP) is 2.78. The molecule has 2 aromatic heterocycles. The number of amides is 2. The van der Waals surface area contributed by atoms with Crippen LogP contribution in [0.15, 0.2) is 24.4 Å². The van der Waals surface area contributed by atoms with Crippen LogP contribution in [0.4, 0.5) is 5.82 Å². The van der Waals surface area contributed by atoms with Gasteiger partial charge in [-0.2, -0.15) is 0 Å². The van der Waals surface area contributed by atoms with Crippen LogP contribution in [0.5, 0.6) is 0 Å². The van der Waals surface area contributed by atoms with Crippen LogP contribution in [0.3, 0.4) is 0 Å². The minimum Gasteiger partial charge on any atom is -0.369 e. The molecule has 2 aromatic rings. The third kappa shape index (κ3) is 5.45. The van der Waals surface area contributed by atoms with Crippen molar-refractivity contribution < 1.29 is 9.59 Å². The highest BCUT2D eigenvalue weighted by molar-refractivity contribution is 7.80. The molecule has 0 atom stereocenters. The van der Waals surface area contributed by atoms with Gasteiger partial charge in [0.1, 0.15) is 11.5 Å². The molecule has 8 nitrogen and oxygen atoms in total. The maximum atomic E-state index is 12.1. The van der Waals surface area contributed by atoms with Crippen molar-refractivity contribution in [2.24, 2.45) is 17.6 Å². The fraction of sp³-hybridized carbons (Fsp3) is 0.478. The molecular formula is C23H30N6O2S. The molecule has 0 saturated heterocycles. The minimum atomic E-state index is -0.130. The number of aromatic nitrogens is 2. The largest absolute Gasteiger partial charge is 0.369 e. The van der Waals surface area contributed by atoms with Crippen molar-refractivity contribution in [3.8, 4) is 0 Å². The Labute approximate surface area is 193 Å². The number of nitrogens with one attached hydrogen (secondary N) is 3. The van der Waals surface area contributed by atoms with Gasteiger partial charge in [-0.25, -0.2) is 4.98 Å². The Morgan fingerprint density at radius 3 is 2.59 bits per heavy atom. The van der Waals surface area contributed by atoms with Gasteiger partial charge in [0.15, 0.2) is 5.11 Å². The average Bonchev–Trinajstić information content (AvgIpc) is 3.70. The maximum absolute atomic E-state index is 12.1. The third-order valence-electron chi connectivity index (χ3n) is 5.88. The number of carbonyl (C=O) groups is 2. The van der Waals surface area contributed by atoms with Crippen LogP contribution in [0.1, 0.15) is 44.6 Å². The first-order valence-corrected chi connectivity index (χ1v) is 11.7. The van der Waals surface area contributed by atoms with Gasteiger partial charge in [-0.05, 0) is 74.5 Å². The molecular weight excluding hydrogens is 424 g/mol. The molecule has 0 unspecified atom stereocenters. The molecule has 1 aliphatic heterocycles. The Hall–Kier alpha value is -2.94. The van der Waals surface area contributed by atoms with Gasteiger partial charge in [0.2, 0.25) is 11.8 Å². The number of hydrogen-bond donors (Lipinski definition) is 4. The molecule has 3 heterocycles. The van der Waals surface area contributed by atoms with E-state index < -0.39 is 0 Å². The van der Waals surface area contributed by atoms with E-state index >= 15 is 0 Å². The van der Waals surface area contributed by atoms with Crippen molar-refractivity contribution in [1.29, 1.82) is 0 Å². The number of primary amides is 1. The van der Waals surface area contributed by atoms with Gasteiger partial charge in [0.25, 0.3) is 0 Å². The van der Waals surface area contributed by atoms with Gasteiger partial charge in [0.05, 0.1) is 0 Å². The summed E-state index contributed by atoms with van der Waals surface area (Å²) in [5, 5.41) is 8.07. The average molecular weight is 455 g/mol. The van der Waals surface area contributed by atoms with Crippen molar-refractivity contribution in [3.05, 3.63) is 30.0 Å². The lowest BCUT2D eigenvalue weighted by atomic mass is 9.97. The number of thiocarbonyl (C=S) groups is 1. The summed E-state index contributed by atoms with van der Waals surface area (Å²) in [5.74, 6) is 0.974. The number of anilines is 1. The summed E-state index contributed by atoms with van der Waals surface area (Å²) in [5.41, 5.74) is 8.07. The van der Waals surface area contributed by atoms with Crippen LogP contribution < -0.4 is 16.4 Å². The molecule has 170 valence electrons. The van der Waals surface area contributed by atoms with Crippen molar-refractivity contribution in [2.75, 3.05) is 25.0 Å². The van der Waals surface area contributed by atoms with E-state index in [2.05, 4.69) is 38.5 Å². The highest BCUT2D eigenvalue weighted by atomic mass is 32.1. The number of rotatable bonds is 5. The third-order valence-corrected chi connectivity index (χ3v) is 6.28. The predicted molar refractivity (Wildman–Crippen MR) is 130 cm³/mol. The van der Waals surface area contributed by atoms with Crippen molar-refractivity contribution in [2.45, 2.75) is 39.0 Å². The van der Waals surface area contributed by atoms with Gasteiger partial charge in [0, 0.05) is 43.1 Å². The molecule has 0 bridgehead atoms. The zero-order valence-corrected chi connectivity index (χ0v) is 19.1. The second-order valence-electron chi connectivity index (χ2n) is 8.50. The highest BCUT2D eigenvalue weighted by Gasteiger charge is 2.30. The summed E-state index contributed by atoms with van der Waals surface area (Å²) in [6, 6.07) is 4.04. The number of carbonyl (C=O) groups excluding carboxylic acids is 2. The van der Waals surface area contributed by atoms with Gasteiger partial charge >= 0.3 is 0 Å². The van der Waals surface area contributed by atoms with E-state index in [-0.39, 0.29) is 23.7 Å². The smallest absolute Gasteiger partial charge is 0.228 e. The van der Waals surface area contributed by atoms with Gasteiger partial charge in [-0.15, -0.1) is 0 Å². The van der Waals surface area contributed by atoms with E-state index in [0.717, 1.165) is 73.4 Å². The Bertz CT molecular complexity index is 1050. The van der Waals surface area contributed by atoms with Crippen molar-refractivity contribution in [1.82, 2.24) is 20.2 Å². The first-order valence-electron chi connectivity index (χ1n) is 11.3. The topological polar surface area (TPSA) is 116 Å². The normalized spacial score (nSPS) is 17.8. The standard InChI is InChI=1S/C19H23N5OS.C4H7NO/c1-2-20-19(26)24-9-6-12(7-10-24)15-11-16(23-18(25)13-3-4-13)22-17-14(15)5-8-21-17;5-4(6)3-1-2-3/h5-6,8,11,13H,2-4,7,9-10H2,1H3,(H,20,26)(H2,21,22,23,25);3H,1-2H2,(H2,5,6). The van der Waals surface area contributed by atoms with Crippen molar-refractivity contribution >= 4 is 51.6 Å². The van der Waals surface area contributed by atoms with Crippen LogP contribution in [-0.2, 0) is 9.59 Å². The lowest BCUT2D eigenvalue weighted by Crippen LogP contribution is -2.41. The van der Waals surface area contributed by atoms with E-state index in [9.17, 15) is 9.59 Å². The number of hydrogen-bond acceptors (Lipinski definition) is 4. The van der Waals surface area contributed by atoms with Crippen molar-refractivity contribution in [3.63, 3.8) is 0 Å². The highest BCUT2D eigenvalue weighted by Crippen LogP contribution is 2.33. The van der Waals surface area contributed by atoms with Crippen LogP contribution >= 0.6 is 12.2 Å². The molecule has 0 aromatic carbocycles. The number of nitrogens with zero attached hydrogens (tertiary/aromatic N) is 2. The molecule has 2 aliphatic carbocycles. The molecule has 5 N–H and O–H groups in total. The SMILES string of the molecule is CCNC(=S)N1CC=C(c2cc(NC(=O)C3CC3)nc3[nH]ccc23)CC1.NC(=O)C1CC1. The monoisotopic (exact) mass is 454 g/mol. The Balaban J connectivity index is 0.000000354. The summed E-state index contributed by atoms with van der Waals surface area (Å²) in [4.78, 5) is 32.0. The van der Waals surface area contributed by atoms with E-state index in [1.807, 2.05) is 18.3 Å². The van der Waals surface area contributed by atoms with Gasteiger partial charge in [-0.1, -0.05) is 6.08 Å². The zero-order chi connectivity index (χ0) is 22.7. The molecule has 2 amide bonds. The Kier molecular flexibility index (Phi) is 6.74. The number of aromatic amines is 1. The number of fused-ring (bicyclic) bond motifs is 1. The van der Waals surface area contributed by atoms with E-state index in [4.69, 9.17) is 18.0 Å². The zero-order valence-electron chi connectivity index (χ0n) is 18.3. The van der Waals surface area contributed by atoms with E-state index in [1.165, 1.54) is 5.57 Å². The molecule has 0 radical (unpaired) electrons. The molecule has 2 fully saturated rings. The van der Waals surface area contributed by atoms with Gasteiger partial charge < -0.3 is 26.3 Å². The maximum Gasteiger partial charge on any atom is 0.228 e. The fourth-order valence-corrected chi connectivity index (χ4v) is 3.98. The lowest BCUT2D eigenvalue weighted by Gasteiger charge is -2.29. The summed E-state index contributed by atoms with van der Waals surface area (Å²) in [6.45, 7) is 4.56. The van der Waals surface area contributed by atoms with E-state index in [1.54, 1.807) is 0 Å². The van der Waals surface area contributed by atoms with Gasteiger partial charge in [-0.3, -0.25) is 9.59 Å². The molecule has 0 spiro atoms. The summed E-state index contributed by atoms with van der Waals surface area (Å²) in [6.07, 6.45) is 9.04. The summed E-state index contributed by atoms with van der Waals surface area (Å²) < 4.78 is 0. The first kappa shape index (κ1) is 22.3. The van der Waals surface area contributed by atoms with Crippen LogP contribution in [-0.4, -0.2) is 51.4 Å². The van der Waals surface area contributed by atoms with Crippen LogP contribution in [0.25, 0.3) is 16.6 Å². The van der Waals surface area contributed by atoms with Crippen LogP contribution in [0, 0.1) is 11.8 Å². The number of pyridine rings is 1. The lowest BCUT2D eigenvalue weighted by molar-refractivity contribution is -0.119. The molecule has 9 heteroatoms. The molecule has 5 rings (SSSR count). The summed E-state index contributed by atoms with van der Waals surface area (Å²) in [7, 11) is 0. The Morgan fingerprint density at radius 1 is 1.28 bits per heavy atom. The fourth-order valence-electron chi connectivity index (χ4n) is 3.67. The summed E-state index contributed by atoms with van der Waals surface area (Å²) >= 11 is 5.41. The first-order chi connectivity index (χ1) is 15.5. The quantitative estimate of drug-likeness (QED) is 0.516. The molecule has 32 heavy (non-hydrogen) atoms. The number of nitrogens with two attached hydrogens (primary N) is 1. The van der Waals surface area contributed by atoms with E-state index in [0.29, 0.717) is 5.82 Å². The second kappa shape index (κ2) is 9.68. The minimum absolute atomic E-state index is 0.0779. The second-order valence-corrected chi connectivity index (χ2v) is 8.88. The van der Waals surface area contributed by atoms with Crippen LogP contribution in [0.2, 0.25) is 0 Å². The molecule has 3 aliphatic rings. The number of H-pyrrole nitrogens is 1.